The molecule has 0 radical (unpaired) electrons. The monoisotopic (exact) mass is 492 g/mol. The van der Waals surface area contributed by atoms with Gasteiger partial charge in [-0.25, -0.2) is 13.4 Å². The van der Waals surface area contributed by atoms with Crippen LogP contribution in [0.2, 0.25) is 0 Å². The quantitative estimate of drug-likeness (QED) is 0.168. The van der Waals surface area contributed by atoms with Gasteiger partial charge in [-0.05, 0) is 25.5 Å². The summed E-state index contributed by atoms with van der Waals surface area (Å²) in [5.41, 5.74) is 0.879. The van der Waals surface area contributed by atoms with Crippen LogP contribution in [0.1, 0.15) is 22.7 Å². The van der Waals surface area contributed by atoms with Crippen LogP contribution in [0, 0.1) is 6.92 Å². The average molecular weight is 493 g/mol. The lowest BCUT2D eigenvalue weighted by molar-refractivity contribution is -0.143. The zero-order chi connectivity index (χ0) is 24.6. The number of nitrogens with one attached hydrogen (secondary N) is 4. The Morgan fingerprint density at radius 2 is 2.00 bits per heavy atom. The second kappa shape index (κ2) is 11.4. The van der Waals surface area contributed by atoms with Crippen LogP contribution in [0.5, 0.6) is 0 Å². The minimum Gasteiger partial charge on any atom is -0.480 e. The number of H-pyrrole nitrogens is 1. The molecule has 34 heavy (non-hydrogen) atoms. The second-order valence-electron chi connectivity index (χ2n) is 7.09. The predicted octanol–water partition coefficient (Wildman–Crippen LogP) is 0.713. The van der Waals surface area contributed by atoms with Crippen molar-refractivity contribution >= 4 is 27.8 Å². The number of anilines is 1. The number of rotatable bonds is 13. The molecule has 0 spiro atoms. The molecule has 0 aliphatic rings. The molecule has 0 saturated carbocycles. The summed E-state index contributed by atoms with van der Waals surface area (Å²) >= 11 is 0. The number of hydrogen-bond donors (Lipinski definition) is 5. The third kappa shape index (κ3) is 6.87. The van der Waals surface area contributed by atoms with E-state index in [9.17, 15) is 23.1 Å². The van der Waals surface area contributed by atoms with Gasteiger partial charge in [0, 0.05) is 24.5 Å². The van der Waals surface area contributed by atoms with Crippen LogP contribution in [0.15, 0.2) is 58.2 Å². The van der Waals surface area contributed by atoms with Crippen molar-refractivity contribution in [2.45, 2.75) is 30.5 Å². The van der Waals surface area contributed by atoms with E-state index in [0.29, 0.717) is 18.9 Å². The van der Waals surface area contributed by atoms with Crippen LogP contribution in [0.3, 0.4) is 0 Å². The molecule has 1 aromatic carbocycles. The van der Waals surface area contributed by atoms with Crippen molar-refractivity contribution in [3.8, 4) is 0 Å². The highest BCUT2D eigenvalue weighted by Gasteiger charge is 2.35. The highest BCUT2D eigenvalue weighted by Crippen LogP contribution is 2.11. The Morgan fingerprint density at radius 1 is 1.24 bits per heavy atom. The fraction of sp³-hybridized carbons (Fsp3) is 0.300. The van der Waals surface area contributed by atoms with Gasteiger partial charge in [0.2, 0.25) is 15.8 Å². The summed E-state index contributed by atoms with van der Waals surface area (Å²) in [5, 5.41) is 18.5. The maximum atomic E-state index is 12.7. The van der Waals surface area contributed by atoms with Gasteiger partial charge in [-0.2, -0.15) is 4.72 Å². The third-order valence-corrected chi connectivity index (χ3v) is 5.91. The fourth-order valence-electron chi connectivity index (χ4n) is 2.82. The van der Waals surface area contributed by atoms with Gasteiger partial charge in [0.25, 0.3) is 5.91 Å². The molecule has 182 valence electrons. The Morgan fingerprint density at radius 3 is 2.62 bits per heavy atom. The van der Waals surface area contributed by atoms with Gasteiger partial charge in [-0.1, -0.05) is 23.4 Å². The minimum atomic E-state index is -4.23. The number of ether oxygens (including phenoxy) is 1. The number of carboxylic acid groups (broad SMARTS) is 1. The van der Waals surface area contributed by atoms with Crippen molar-refractivity contribution in [1.82, 2.24) is 25.2 Å². The molecule has 0 aliphatic carbocycles. The molecular formula is C20H24N6O7S. The fourth-order valence-corrected chi connectivity index (χ4v) is 4.03. The third-order valence-electron chi connectivity index (χ3n) is 4.45. The number of imidazole rings is 1. The summed E-state index contributed by atoms with van der Waals surface area (Å²) in [7, 11) is -4.23. The lowest BCUT2D eigenvalue weighted by atomic mass is 10.2. The normalized spacial score (nSPS) is 13.2. The Hall–Kier alpha value is -3.75. The van der Waals surface area contributed by atoms with E-state index in [-0.39, 0.29) is 17.3 Å². The summed E-state index contributed by atoms with van der Waals surface area (Å²) in [5.74, 6) is -2.01. The van der Waals surface area contributed by atoms with E-state index in [2.05, 4.69) is 30.5 Å². The number of aliphatic carboxylic acids is 1. The van der Waals surface area contributed by atoms with E-state index < -0.39 is 34.2 Å². The Balaban J connectivity index is 1.69. The predicted molar refractivity (Wildman–Crippen MR) is 118 cm³/mol. The zero-order valence-corrected chi connectivity index (χ0v) is 18.9. The molecule has 13 nitrogen and oxygen atoms in total. The number of aromatic nitrogens is 3. The molecule has 0 bridgehead atoms. The maximum absolute atomic E-state index is 12.7. The summed E-state index contributed by atoms with van der Waals surface area (Å²) in [6, 6.07) is 6.67. The summed E-state index contributed by atoms with van der Waals surface area (Å²) in [6.07, 6.45) is 1.73. The lowest BCUT2D eigenvalue weighted by Crippen LogP contribution is -2.56. The maximum Gasteiger partial charge on any atom is 0.326 e. The van der Waals surface area contributed by atoms with E-state index in [4.69, 9.17) is 9.26 Å². The van der Waals surface area contributed by atoms with Gasteiger partial charge in [0.15, 0.2) is 18.2 Å². The summed E-state index contributed by atoms with van der Waals surface area (Å²) in [4.78, 5) is 31.4. The van der Waals surface area contributed by atoms with E-state index >= 15 is 0 Å². The number of nitrogens with zero attached hydrogens (tertiary/aromatic N) is 2. The van der Waals surface area contributed by atoms with E-state index in [1.165, 1.54) is 36.5 Å². The largest absolute Gasteiger partial charge is 0.480 e. The number of carbonyl (C=O) groups excluding carboxylic acids is 1. The van der Waals surface area contributed by atoms with Gasteiger partial charge >= 0.3 is 5.97 Å². The first-order valence-electron chi connectivity index (χ1n) is 10.1. The number of aromatic amines is 1. The molecule has 0 aliphatic heterocycles. The molecule has 2 aromatic heterocycles. The standard InChI is InChI=1S/C20H24N6O7S/c1-13-12-22-20(24-13)21-9-5-11-32-18(25-17(27)15-8-10-23-33-15)16(19(28)29)26-34(30,31)14-6-3-2-4-7-14/h2-4,6-8,10,12,16,18,26H,5,9,11H2,1H3,(H,25,27)(H,28,29)(H2,21,22,24). The molecule has 2 unspecified atom stereocenters. The number of sulfonamides is 1. The Kier molecular flexibility index (Phi) is 8.34. The highest BCUT2D eigenvalue weighted by molar-refractivity contribution is 7.89. The van der Waals surface area contributed by atoms with Crippen LogP contribution >= 0.6 is 0 Å². The number of carboxylic acids is 1. The molecule has 5 N–H and O–H groups in total. The number of aryl methyl sites for hydroxylation is 1. The molecule has 2 atom stereocenters. The number of carbonyl (C=O) groups is 2. The first-order valence-corrected chi connectivity index (χ1v) is 11.6. The van der Waals surface area contributed by atoms with Crippen LogP contribution in [0.25, 0.3) is 0 Å². The van der Waals surface area contributed by atoms with Crippen LogP contribution in [-0.4, -0.2) is 65.9 Å². The van der Waals surface area contributed by atoms with Gasteiger partial charge in [0.1, 0.15) is 0 Å². The van der Waals surface area contributed by atoms with Gasteiger partial charge in [-0.3, -0.25) is 9.59 Å². The van der Waals surface area contributed by atoms with Crippen molar-refractivity contribution in [3.63, 3.8) is 0 Å². The Bertz CT molecular complexity index is 1180. The molecule has 3 rings (SSSR count). The first kappa shape index (κ1) is 24.9. The molecule has 0 fully saturated rings. The topological polar surface area (TPSA) is 189 Å². The van der Waals surface area contributed by atoms with Crippen molar-refractivity contribution < 1.29 is 32.4 Å². The average Bonchev–Trinajstić information content (AvgIpc) is 3.49. The minimum absolute atomic E-state index is 0.00904. The van der Waals surface area contributed by atoms with Crippen molar-refractivity contribution in [2.75, 3.05) is 18.5 Å². The van der Waals surface area contributed by atoms with Crippen LogP contribution < -0.4 is 15.4 Å². The lowest BCUT2D eigenvalue weighted by Gasteiger charge is -2.25. The van der Waals surface area contributed by atoms with E-state index in [1.807, 2.05) is 6.92 Å². The van der Waals surface area contributed by atoms with Crippen LogP contribution in [-0.2, 0) is 19.6 Å². The van der Waals surface area contributed by atoms with E-state index in [0.717, 1.165) is 5.69 Å². The number of amides is 1. The number of benzene rings is 1. The van der Waals surface area contributed by atoms with Crippen LogP contribution in [0.4, 0.5) is 5.95 Å². The zero-order valence-electron chi connectivity index (χ0n) is 18.1. The van der Waals surface area contributed by atoms with Gasteiger partial charge < -0.3 is 30.0 Å². The summed E-state index contributed by atoms with van der Waals surface area (Å²) < 4.78 is 37.9. The smallest absolute Gasteiger partial charge is 0.326 e. The van der Waals surface area contributed by atoms with Crippen molar-refractivity contribution in [2.24, 2.45) is 0 Å². The highest BCUT2D eigenvalue weighted by atomic mass is 32.2. The van der Waals surface area contributed by atoms with Crippen molar-refractivity contribution in [1.29, 1.82) is 0 Å². The molecule has 0 saturated heterocycles. The summed E-state index contributed by atoms with van der Waals surface area (Å²) in [6.45, 7) is 2.26. The SMILES string of the molecule is Cc1cnc(NCCCOC(NC(=O)c2ccno2)C(NS(=O)(=O)c2ccccc2)C(=O)O)[nH]1. The molecule has 14 heteroatoms. The molecule has 3 aromatic rings. The molecule has 2 heterocycles. The second-order valence-corrected chi connectivity index (χ2v) is 8.80. The number of hydrogen-bond acceptors (Lipinski definition) is 9. The Labute approximate surface area is 195 Å². The molecule has 1 amide bonds. The molecular weight excluding hydrogens is 468 g/mol. The van der Waals surface area contributed by atoms with Crippen molar-refractivity contribution in [3.05, 3.63) is 60.2 Å². The van der Waals surface area contributed by atoms with E-state index in [1.54, 1.807) is 12.3 Å². The van der Waals surface area contributed by atoms with Gasteiger partial charge in [0.05, 0.1) is 17.7 Å². The van der Waals surface area contributed by atoms with Gasteiger partial charge in [-0.15, -0.1) is 0 Å². The first-order chi connectivity index (χ1) is 16.3.